The molecule has 0 bridgehead atoms. The summed E-state index contributed by atoms with van der Waals surface area (Å²) in [7, 11) is 0. The van der Waals surface area contributed by atoms with Crippen molar-refractivity contribution >= 4 is 23.0 Å². The zero-order valence-corrected chi connectivity index (χ0v) is 16.0. The number of phenolic OH excluding ortho intramolecular Hbond substituents is 1. The van der Waals surface area contributed by atoms with Crippen LogP contribution in [0.5, 0.6) is 11.5 Å². The molecule has 1 fully saturated rings. The normalized spacial score (nSPS) is 16.0. The minimum atomic E-state index is -0.146. The van der Waals surface area contributed by atoms with Crippen molar-refractivity contribution in [2.24, 2.45) is 0 Å². The van der Waals surface area contributed by atoms with Crippen LogP contribution < -0.4 is 4.74 Å². The van der Waals surface area contributed by atoms with Gasteiger partial charge >= 0.3 is 0 Å². The molecule has 1 aliphatic rings. The molecule has 1 saturated heterocycles. The molecule has 1 amide bonds. The molecule has 2 heterocycles. The average molecular weight is 388 g/mol. The second-order valence-corrected chi connectivity index (χ2v) is 7.04. The molecular formula is C23H20N2O4. The van der Waals surface area contributed by atoms with Crippen molar-refractivity contribution in [2.45, 2.75) is 19.4 Å². The summed E-state index contributed by atoms with van der Waals surface area (Å²) in [5, 5.41) is 20.5. The van der Waals surface area contributed by atoms with E-state index in [-0.39, 0.29) is 17.8 Å². The average Bonchev–Trinajstić information content (AvgIpc) is 3.33. The number of carbonyl (C=O) groups excluding carboxylic acids is 1. The fourth-order valence-electron chi connectivity index (χ4n) is 3.69. The maximum atomic E-state index is 11.5. The van der Waals surface area contributed by atoms with Gasteiger partial charge in [-0.05, 0) is 42.0 Å². The first-order chi connectivity index (χ1) is 14.0. The first-order valence-corrected chi connectivity index (χ1v) is 9.34. The molecule has 1 aromatic heterocycles. The highest BCUT2D eigenvalue weighted by molar-refractivity contribution is 5.99. The summed E-state index contributed by atoms with van der Waals surface area (Å²) >= 11 is 0. The minimum Gasteiger partial charge on any atom is -0.504 e. The lowest BCUT2D eigenvalue weighted by molar-refractivity contribution is -0.128. The molecule has 3 aromatic rings. The van der Waals surface area contributed by atoms with Crippen molar-refractivity contribution in [3.8, 4) is 28.7 Å². The van der Waals surface area contributed by atoms with Gasteiger partial charge in [-0.2, -0.15) is 5.26 Å². The maximum absolute atomic E-state index is 11.5. The number of amides is 1. The SMILES string of the molecule is C=Cc1oc2ccc(C#N)cc2c1-c1ccc(O[C@H]2CCN(C(C)=O)C2)c(O)c1. The topological polar surface area (TPSA) is 86.7 Å². The Balaban J connectivity index is 1.67. The summed E-state index contributed by atoms with van der Waals surface area (Å²) in [6.07, 6.45) is 2.19. The molecule has 0 aliphatic carbocycles. The molecule has 29 heavy (non-hydrogen) atoms. The van der Waals surface area contributed by atoms with Crippen molar-refractivity contribution in [3.63, 3.8) is 0 Å². The predicted octanol–water partition coefficient (Wildman–Crippen LogP) is 4.32. The van der Waals surface area contributed by atoms with E-state index in [4.69, 9.17) is 9.15 Å². The lowest BCUT2D eigenvalue weighted by Gasteiger charge is -2.16. The Morgan fingerprint density at radius 1 is 1.38 bits per heavy atom. The number of rotatable bonds is 4. The van der Waals surface area contributed by atoms with Crippen LogP contribution >= 0.6 is 0 Å². The molecule has 6 nitrogen and oxygen atoms in total. The number of aromatic hydroxyl groups is 1. The molecule has 0 unspecified atom stereocenters. The number of likely N-dealkylation sites (tertiary alicyclic amines) is 1. The summed E-state index contributed by atoms with van der Waals surface area (Å²) in [5.41, 5.74) is 2.66. The van der Waals surface area contributed by atoms with Gasteiger partial charge in [0.15, 0.2) is 11.5 Å². The van der Waals surface area contributed by atoms with Crippen LogP contribution in [0.1, 0.15) is 24.7 Å². The van der Waals surface area contributed by atoms with Crippen LogP contribution in [0.25, 0.3) is 28.2 Å². The van der Waals surface area contributed by atoms with Gasteiger partial charge in [-0.15, -0.1) is 0 Å². The zero-order chi connectivity index (χ0) is 20.5. The molecule has 0 radical (unpaired) electrons. The number of carbonyl (C=O) groups is 1. The number of hydrogen-bond acceptors (Lipinski definition) is 5. The highest BCUT2D eigenvalue weighted by Crippen LogP contribution is 2.40. The second kappa shape index (κ2) is 7.36. The van der Waals surface area contributed by atoms with Gasteiger partial charge in [0.05, 0.1) is 18.2 Å². The maximum Gasteiger partial charge on any atom is 0.219 e. The van der Waals surface area contributed by atoms with Crippen LogP contribution in [0, 0.1) is 11.3 Å². The third-order valence-corrected chi connectivity index (χ3v) is 5.16. The summed E-state index contributed by atoms with van der Waals surface area (Å²) in [5.74, 6) is 0.964. The van der Waals surface area contributed by atoms with Gasteiger partial charge in [-0.3, -0.25) is 4.79 Å². The van der Waals surface area contributed by atoms with Crippen molar-refractivity contribution < 1.29 is 19.1 Å². The van der Waals surface area contributed by atoms with E-state index in [0.29, 0.717) is 35.7 Å². The Hall–Kier alpha value is -3.72. The Bertz CT molecular complexity index is 1160. The largest absolute Gasteiger partial charge is 0.504 e. The molecule has 146 valence electrons. The minimum absolute atomic E-state index is 0.00424. The van der Waals surface area contributed by atoms with Crippen molar-refractivity contribution in [1.29, 1.82) is 5.26 Å². The van der Waals surface area contributed by atoms with E-state index in [1.54, 1.807) is 48.2 Å². The van der Waals surface area contributed by atoms with Gasteiger partial charge in [0.2, 0.25) is 5.91 Å². The number of phenols is 1. The number of benzene rings is 2. The molecule has 0 saturated carbocycles. The lowest BCUT2D eigenvalue weighted by atomic mass is 10.00. The fourth-order valence-corrected chi connectivity index (χ4v) is 3.69. The standard InChI is InChI=1S/C23H20N2O4/c1-3-20-23(18-10-15(12-24)4-6-21(18)29-20)16-5-7-22(19(27)11-16)28-17-8-9-25(13-17)14(2)26/h3-7,10-11,17,27H,1,8-9,13H2,2H3/t17-/m0/s1. The van der Waals surface area contributed by atoms with Crippen LogP contribution in [0.3, 0.4) is 0 Å². The lowest BCUT2D eigenvalue weighted by Crippen LogP contribution is -2.28. The molecule has 4 rings (SSSR count). The Morgan fingerprint density at radius 3 is 2.86 bits per heavy atom. The van der Waals surface area contributed by atoms with E-state index < -0.39 is 0 Å². The van der Waals surface area contributed by atoms with E-state index in [9.17, 15) is 15.2 Å². The summed E-state index contributed by atoms with van der Waals surface area (Å²) in [6.45, 7) is 6.52. The van der Waals surface area contributed by atoms with E-state index in [2.05, 4.69) is 12.6 Å². The number of furan rings is 1. The number of nitrogens with zero attached hydrogens (tertiary/aromatic N) is 2. The Labute approximate surface area is 168 Å². The summed E-state index contributed by atoms with van der Waals surface area (Å²) < 4.78 is 11.7. The van der Waals surface area contributed by atoms with E-state index in [1.165, 1.54) is 0 Å². The third kappa shape index (κ3) is 3.43. The van der Waals surface area contributed by atoms with Gasteiger partial charge in [-0.1, -0.05) is 12.6 Å². The van der Waals surface area contributed by atoms with Crippen LogP contribution in [0.4, 0.5) is 0 Å². The van der Waals surface area contributed by atoms with Gasteiger partial charge < -0.3 is 19.2 Å². The first-order valence-electron chi connectivity index (χ1n) is 9.34. The van der Waals surface area contributed by atoms with Crippen LogP contribution in [0.15, 0.2) is 47.4 Å². The van der Waals surface area contributed by atoms with Crippen molar-refractivity contribution in [2.75, 3.05) is 13.1 Å². The van der Waals surface area contributed by atoms with Gasteiger partial charge in [0, 0.05) is 30.8 Å². The van der Waals surface area contributed by atoms with Crippen molar-refractivity contribution in [1.82, 2.24) is 4.90 Å². The van der Waals surface area contributed by atoms with Gasteiger partial charge in [0.25, 0.3) is 0 Å². The van der Waals surface area contributed by atoms with Crippen LogP contribution in [0.2, 0.25) is 0 Å². The highest BCUT2D eigenvalue weighted by Gasteiger charge is 2.26. The van der Waals surface area contributed by atoms with Crippen LogP contribution in [-0.4, -0.2) is 35.1 Å². The van der Waals surface area contributed by atoms with E-state index in [1.807, 2.05) is 6.07 Å². The number of ether oxygens (including phenoxy) is 1. The third-order valence-electron chi connectivity index (χ3n) is 5.16. The van der Waals surface area contributed by atoms with Crippen LogP contribution in [-0.2, 0) is 4.79 Å². The number of nitriles is 1. The highest BCUT2D eigenvalue weighted by atomic mass is 16.5. The zero-order valence-electron chi connectivity index (χ0n) is 16.0. The molecular weight excluding hydrogens is 368 g/mol. The monoisotopic (exact) mass is 388 g/mol. The Morgan fingerprint density at radius 2 is 2.21 bits per heavy atom. The number of fused-ring (bicyclic) bond motifs is 1. The van der Waals surface area contributed by atoms with E-state index >= 15 is 0 Å². The molecule has 0 spiro atoms. The molecule has 1 atom stereocenters. The number of hydrogen-bond donors (Lipinski definition) is 1. The Kier molecular flexibility index (Phi) is 4.73. The molecule has 2 aromatic carbocycles. The second-order valence-electron chi connectivity index (χ2n) is 7.04. The fraction of sp³-hybridized carbons (Fsp3) is 0.217. The first kappa shape index (κ1) is 18.6. The van der Waals surface area contributed by atoms with Gasteiger partial charge in [0.1, 0.15) is 17.4 Å². The summed E-state index contributed by atoms with van der Waals surface area (Å²) in [4.78, 5) is 13.2. The summed E-state index contributed by atoms with van der Waals surface area (Å²) in [6, 6.07) is 12.5. The molecule has 1 N–H and O–H groups in total. The van der Waals surface area contributed by atoms with E-state index in [0.717, 1.165) is 22.9 Å². The smallest absolute Gasteiger partial charge is 0.219 e. The van der Waals surface area contributed by atoms with Gasteiger partial charge in [-0.25, -0.2) is 0 Å². The molecule has 6 heteroatoms. The molecule has 1 aliphatic heterocycles. The quantitative estimate of drug-likeness (QED) is 0.719. The predicted molar refractivity (Wildman–Crippen MR) is 109 cm³/mol. The van der Waals surface area contributed by atoms with Crippen molar-refractivity contribution in [3.05, 3.63) is 54.3 Å².